The van der Waals surface area contributed by atoms with Crippen LogP contribution >= 0.6 is 0 Å². The number of likely N-dealkylation sites (N-methyl/N-ethyl adjacent to an activating group) is 1. The highest BCUT2D eigenvalue weighted by Crippen LogP contribution is 2.32. The second-order valence-corrected chi connectivity index (χ2v) is 6.48. The number of piperazine rings is 1. The van der Waals surface area contributed by atoms with Crippen molar-refractivity contribution in [2.24, 2.45) is 0 Å². The molecule has 3 nitrogen and oxygen atoms in total. The molecule has 2 rings (SSSR count). The topological polar surface area (TPSA) is 26.7 Å². The summed E-state index contributed by atoms with van der Waals surface area (Å²) >= 11 is 0. The van der Waals surface area contributed by atoms with Crippen molar-refractivity contribution in [1.82, 2.24) is 4.90 Å². The summed E-state index contributed by atoms with van der Waals surface area (Å²) in [4.78, 5) is 4.69. The highest BCUT2D eigenvalue weighted by Gasteiger charge is 2.38. The van der Waals surface area contributed by atoms with Gasteiger partial charge >= 0.3 is 0 Å². The number of aryl methyl sites for hydroxylation is 2. The van der Waals surface area contributed by atoms with Gasteiger partial charge < -0.3 is 14.9 Å². The molecule has 1 N–H and O–H groups in total. The molecule has 19 heavy (non-hydrogen) atoms. The van der Waals surface area contributed by atoms with Gasteiger partial charge in [0.1, 0.15) is 0 Å². The number of aliphatic hydroxyl groups is 1. The van der Waals surface area contributed by atoms with Gasteiger partial charge in [-0.1, -0.05) is 6.07 Å². The fourth-order valence-corrected chi connectivity index (χ4v) is 3.31. The summed E-state index contributed by atoms with van der Waals surface area (Å²) in [5, 5.41) is 9.73. The maximum atomic E-state index is 9.73. The van der Waals surface area contributed by atoms with Crippen LogP contribution in [0, 0.1) is 13.8 Å². The molecule has 1 heterocycles. The maximum Gasteiger partial charge on any atom is 0.0653 e. The molecule has 1 fully saturated rings. The van der Waals surface area contributed by atoms with Crippen LogP contribution in [-0.4, -0.2) is 48.3 Å². The second-order valence-electron chi connectivity index (χ2n) is 6.48. The molecule has 1 aromatic carbocycles. The van der Waals surface area contributed by atoms with Gasteiger partial charge in [0, 0.05) is 24.3 Å². The molecule has 1 saturated heterocycles. The lowest BCUT2D eigenvalue weighted by Crippen LogP contribution is -2.64. The standard InChI is InChI=1S/C16H26N2O/c1-12-6-7-14(8-13(12)2)18-15(10-19)9-17(5)11-16(18,3)4/h6-8,15,19H,9-11H2,1-5H3. The average molecular weight is 262 g/mol. The van der Waals surface area contributed by atoms with E-state index in [1.165, 1.54) is 16.8 Å². The molecule has 0 aliphatic carbocycles. The van der Waals surface area contributed by atoms with E-state index in [0.29, 0.717) is 0 Å². The molecule has 1 aliphatic rings. The Hall–Kier alpha value is -1.06. The number of aliphatic hydroxyl groups excluding tert-OH is 1. The minimum absolute atomic E-state index is 0.0299. The van der Waals surface area contributed by atoms with E-state index >= 15 is 0 Å². The first kappa shape index (κ1) is 14.4. The van der Waals surface area contributed by atoms with Crippen LogP contribution in [0.15, 0.2) is 18.2 Å². The van der Waals surface area contributed by atoms with Crippen molar-refractivity contribution in [3.63, 3.8) is 0 Å². The Labute approximate surface area is 116 Å². The summed E-state index contributed by atoms with van der Waals surface area (Å²) in [6.07, 6.45) is 0. The van der Waals surface area contributed by atoms with Crippen LogP contribution < -0.4 is 4.90 Å². The lowest BCUT2D eigenvalue weighted by Gasteiger charge is -2.52. The lowest BCUT2D eigenvalue weighted by atomic mass is 9.93. The van der Waals surface area contributed by atoms with E-state index in [9.17, 15) is 5.11 Å². The summed E-state index contributed by atoms with van der Waals surface area (Å²) in [7, 11) is 2.13. The van der Waals surface area contributed by atoms with E-state index in [4.69, 9.17) is 0 Å². The van der Waals surface area contributed by atoms with Crippen molar-refractivity contribution in [2.45, 2.75) is 39.3 Å². The Balaban J connectivity index is 2.40. The molecule has 0 saturated carbocycles. The van der Waals surface area contributed by atoms with E-state index in [1.807, 2.05) is 0 Å². The van der Waals surface area contributed by atoms with Gasteiger partial charge in [-0.3, -0.25) is 0 Å². The van der Waals surface area contributed by atoms with Crippen LogP contribution in [0.5, 0.6) is 0 Å². The summed E-state index contributed by atoms with van der Waals surface area (Å²) in [5.74, 6) is 0. The van der Waals surface area contributed by atoms with Crippen molar-refractivity contribution >= 4 is 5.69 Å². The van der Waals surface area contributed by atoms with Gasteiger partial charge in [0.2, 0.25) is 0 Å². The molecule has 0 spiro atoms. The quantitative estimate of drug-likeness (QED) is 0.885. The highest BCUT2D eigenvalue weighted by atomic mass is 16.3. The van der Waals surface area contributed by atoms with Crippen LogP contribution in [0.4, 0.5) is 5.69 Å². The van der Waals surface area contributed by atoms with Crippen LogP contribution in [0.1, 0.15) is 25.0 Å². The van der Waals surface area contributed by atoms with Gasteiger partial charge in [-0.2, -0.15) is 0 Å². The van der Waals surface area contributed by atoms with E-state index in [1.54, 1.807) is 0 Å². The van der Waals surface area contributed by atoms with Gasteiger partial charge in [-0.05, 0) is 58.0 Å². The maximum absolute atomic E-state index is 9.73. The molecule has 1 aromatic rings. The Kier molecular flexibility index (Phi) is 3.88. The molecule has 0 aromatic heterocycles. The zero-order valence-corrected chi connectivity index (χ0v) is 12.8. The first-order chi connectivity index (χ1) is 8.85. The number of rotatable bonds is 2. The number of anilines is 1. The predicted octanol–water partition coefficient (Wildman–Crippen LogP) is 2.19. The van der Waals surface area contributed by atoms with Gasteiger partial charge in [-0.25, -0.2) is 0 Å². The lowest BCUT2D eigenvalue weighted by molar-refractivity contribution is 0.137. The third kappa shape index (κ3) is 2.77. The van der Waals surface area contributed by atoms with Crippen molar-refractivity contribution in [2.75, 3.05) is 31.6 Å². The van der Waals surface area contributed by atoms with Crippen molar-refractivity contribution in [1.29, 1.82) is 0 Å². The van der Waals surface area contributed by atoms with Crippen molar-refractivity contribution < 1.29 is 5.11 Å². The molecule has 1 atom stereocenters. The minimum Gasteiger partial charge on any atom is -0.394 e. The molecule has 106 valence electrons. The number of hydrogen-bond acceptors (Lipinski definition) is 3. The average Bonchev–Trinajstić information content (AvgIpc) is 2.31. The molecule has 0 radical (unpaired) electrons. The predicted molar refractivity (Wildman–Crippen MR) is 80.8 cm³/mol. The summed E-state index contributed by atoms with van der Waals surface area (Å²) in [5.41, 5.74) is 3.88. The summed E-state index contributed by atoms with van der Waals surface area (Å²) in [6, 6.07) is 6.76. The highest BCUT2D eigenvalue weighted by molar-refractivity contribution is 5.54. The minimum atomic E-state index is 0.0299. The molecule has 0 bridgehead atoms. The van der Waals surface area contributed by atoms with Gasteiger partial charge in [-0.15, -0.1) is 0 Å². The number of nitrogens with zero attached hydrogens (tertiary/aromatic N) is 2. The SMILES string of the molecule is Cc1ccc(N2C(CO)CN(C)CC2(C)C)cc1C. The molecule has 3 heteroatoms. The van der Waals surface area contributed by atoms with Gasteiger partial charge in [0.05, 0.1) is 12.6 Å². The monoisotopic (exact) mass is 262 g/mol. The fraction of sp³-hybridized carbons (Fsp3) is 0.625. The first-order valence-electron chi connectivity index (χ1n) is 7.01. The summed E-state index contributed by atoms with van der Waals surface area (Å²) in [6.45, 7) is 10.9. The van der Waals surface area contributed by atoms with Gasteiger partial charge in [0.25, 0.3) is 0 Å². The van der Waals surface area contributed by atoms with Crippen LogP contribution in [0.25, 0.3) is 0 Å². The normalized spacial score (nSPS) is 23.7. The fourth-order valence-electron chi connectivity index (χ4n) is 3.31. The van der Waals surface area contributed by atoms with Crippen LogP contribution in [0.3, 0.4) is 0 Å². The first-order valence-corrected chi connectivity index (χ1v) is 7.01. The van der Waals surface area contributed by atoms with Crippen molar-refractivity contribution in [3.8, 4) is 0 Å². The Morgan fingerprint density at radius 3 is 2.53 bits per heavy atom. The van der Waals surface area contributed by atoms with Gasteiger partial charge in [0.15, 0.2) is 0 Å². The Morgan fingerprint density at radius 1 is 1.26 bits per heavy atom. The van der Waals surface area contributed by atoms with Crippen LogP contribution in [0.2, 0.25) is 0 Å². The van der Waals surface area contributed by atoms with E-state index in [2.05, 4.69) is 62.7 Å². The smallest absolute Gasteiger partial charge is 0.0653 e. The largest absolute Gasteiger partial charge is 0.394 e. The van der Waals surface area contributed by atoms with Crippen molar-refractivity contribution in [3.05, 3.63) is 29.3 Å². The van der Waals surface area contributed by atoms with E-state index in [0.717, 1.165) is 13.1 Å². The third-order valence-corrected chi connectivity index (χ3v) is 4.18. The zero-order chi connectivity index (χ0) is 14.2. The zero-order valence-electron chi connectivity index (χ0n) is 12.8. The van der Waals surface area contributed by atoms with E-state index in [-0.39, 0.29) is 18.2 Å². The van der Waals surface area contributed by atoms with Crippen LogP contribution in [-0.2, 0) is 0 Å². The second kappa shape index (κ2) is 5.14. The molecule has 1 unspecified atom stereocenters. The molecular weight excluding hydrogens is 236 g/mol. The molecule has 0 amide bonds. The molecule has 1 aliphatic heterocycles. The van der Waals surface area contributed by atoms with E-state index < -0.39 is 0 Å². The Bertz CT molecular complexity index is 456. The third-order valence-electron chi connectivity index (χ3n) is 4.18. The summed E-state index contributed by atoms with van der Waals surface area (Å²) < 4.78 is 0. The number of benzene rings is 1. The molecular formula is C16H26N2O. The number of hydrogen-bond donors (Lipinski definition) is 1. The Morgan fingerprint density at radius 2 is 1.95 bits per heavy atom.